The highest BCUT2D eigenvalue weighted by Gasteiger charge is 2.14. The van der Waals surface area contributed by atoms with Gasteiger partial charge in [0.15, 0.2) is 5.78 Å². The number of thioether (sulfide) groups is 1. The molecule has 0 aliphatic rings. The lowest BCUT2D eigenvalue weighted by atomic mass is 10.1. The zero-order valence-electron chi connectivity index (χ0n) is 14.8. The summed E-state index contributed by atoms with van der Waals surface area (Å²) in [7, 11) is 3.14. The summed E-state index contributed by atoms with van der Waals surface area (Å²) in [5.41, 5.74) is 1.45. The number of para-hydroxylation sites is 1. The van der Waals surface area contributed by atoms with Gasteiger partial charge in [0.1, 0.15) is 11.5 Å². The number of benzene rings is 2. The molecule has 0 aliphatic carbocycles. The maximum atomic E-state index is 12.3. The molecule has 0 aliphatic heterocycles. The first-order chi connectivity index (χ1) is 13.1. The Morgan fingerprint density at radius 3 is 2.63 bits per heavy atom. The molecule has 0 unspecified atom stereocenters. The van der Waals surface area contributed by atoms with Crippen LogP contribution in [0.3, 0.4) is 0 Å². The summed E-state index contributed by atoms with van der Waals surface area (Å²) in [6.07, 6.45) is 0.458. The standard InChI is InChI=1S/C19H17ClN2O4S/c1-24-16-6-4-3-5-13(16)10-18-21-22-19(26-18)27-11-15(23)12-7-8-17(25-2)14(20)9-12/h3-9H,10-11H2,1-2H3. The molecule has 0 saturated carbocycles. The second kappa shape index (κ2) is 8.92. The Morgan fingerprint density at radius 2 is 1.89 bits per heavy atom. The number of hydrogen-bond acceptors (Lipinski definition) is 7. The number of nitrogens with zero attached hydrogens (tertiary/aromatic N) is 2. The van der Waals surface area contributed by atoms with Crippen molar-refractivity contribution in [2.75, 3.05) is 20.0 Å². The van der Waals surface area contributed by atoms with Crippen LogP contribution < -0.4 is 9.47 Å². The van der Waals surface area contributed by atoms with E-state index < -0.39 is 0 Å². The van der Waals surface area contributed by atoms with Gasteiger partial charge in [-0.25, -0.2) is 0 Å². The van der Waals surface area contributed by atoms with Crippen LogP contribution in [0.4, 0.5) is 0 Å². The fourth-order valence-corrected chi connectivity index (χ4v) is 3.36. The van der Waals surface area contributed by atoms with Gasteiger partial charge in [0, 0.05) is 11.1 Å². The number of Topliss-reactive ketones (excluding diaryl/α,β-unsaturated/α-hetero) is 1. The first kappa shape index (κ1) is 19.3. The van der Waals surface area contributed by atoms with E-state index >= 15 is 0 Å². The van der Waals surface area contributed by atoms with E-state index in [4.69, 9.17) is 25.5 Å². The third kappa shape index (κ3) is 4.81. The van der Waals surface area contributed by atoms with Gasteiger partial charge in [-0.05, 0) is 24.3 Å². The van der Waals surface area contributed by atoms with Crippen molar-refractivity contribution in [3.8, 4) is 11.5 Å². The lowest BCUT2D eigenvalue weighted by Crippen LogP contribution is -2.02. The van der Waals surface area contributed by atoms with E-state index in [2.05, 4.69) is 10.2 Å². The number of methoxy groups -OCH3 is 2. The van der Waals surface area contributed by atoms with E-state index in [1.54, 1.807) is 25.3 Å². The Bertz CT molecular complexity index is 945. The first-order valence-corrected chi connectivity index (χ1v) is 9.41. The predicted octanol–water partition coefficient (Wildman–Crippen LogP) is 4.31. The number of aromatic nitrogens is 2. The summed E-state index contributed by atoms with van der Waals surface area (Å²) in [6, 6.07) is 12.6. The fraction of sp³-hybridized carbons (Fsp3) is 0.211. The van der Waals surface area contributed by atoms with E-state index in [1.807, 2.05) is 24.3 Å². The van der Waals surface area contributed by atoms with Crippen LogP contribution in [-0.2, 0) is 6.42 Å². The normalized spacial score (nSPS) is 10.6. The SMILES string of the molecule is COc1ccc(C(=O)CSc2nnc(Cc3ccccc3OC)o2)cc1Cl. The maximum absolute atomic E-state index is 12.3. The number of rotatable bonds is 8. The van der Waals surface area contributed by atoms with Crippen molar-refractivity contribution in [2.45, 2.75) is 11.6 Å². The molecule has 140 valence electrons. The third-order valence-corrected chi connectivity index (χ3v) is 4.90. The van der Waals surface area contributed by atoms with E-state index in [1.165, 1.54) is 18.9 Å². The van der Waals surface area contributed by atoms with Gasteiger partial charge < -0.3 is 13.9 Å². The molecule has 1 aromatic heterocycles. The summed E-state index contributed by atoms with van der Waals surface area (Å²) in [6.45, 7) is 0. The smallest absolute Gasteiger partial charge is 0.277 e. The molecule has 8 heteroatoms. The predicted molar refractivity (Wildman–Crippen MR) is 103 cm³/mol. The largest absolute Gasteiger partial charge is 0.496 e. The van der Waals surface area contributed by atoms with Crippen molar-refractivity contribution in [1.82, 2.24) is 10.2 Å². The summed E-state index contributed by atoms with van der Waals surface area (Å²) in [4.78, 5) is 12.3. The zero-order valence-corrected chi connectivity index (χ0v) is 16.3. The zero-order chi connectivity index (χ0) is 19.2. The van der Waals surface area contributed by atoms with Crippen molar-refractivity contribution >= 4 is 29.1 Å². The highest BCUT2D eigenvalue weighted by Crippen LogP contribution is 2.27. The number of carbonyl (C=O) groups is 1. The Hall–Kier alpha value is -2.51. The van der Waals surface area contributed by atoms with Crippen LogP contribution in [0.15, 0.2) is 52.1 Å². The quantitative estimate of drug-likeness (QED) is 0.409. The van der Waals surface area contributed by atoms with E-state index in [0.717, 1.165) is 11.3 Å². The first-order valence-electron chi connectivity index (χ1n) is 8.04. The topological polar surface area (TPSA) is 74.5 Å². The van der Waals surface area contributed by atoms with Crippen LogP contribution >= 0.6 is 23.4 Å². The van der Waals surface area contributed by atoms with Gasteiger partial charge >= 0.3 is 0 Å². The highest BCUT2D eigenvalue weighted by molar-refractivity contribution is 7.99. The molecule has 3 rings (SSSR count). The van der Waals surface area contributed by atoms with Gasteiger partial charge in [-0.2, -0.15) is 0 Å². The van der Waals surface area contributed by atoms with Crippen molar-refractivity contribution in [3.63, 3.8) is 0 Å². The van der Waals surface area contributed by atoms with Crippen LogP contribution in [-0.4, -0.2) is 36.0 Å². The third-order valence-electron chi connectivity index (χ3n) is 3.78. The highest BCUT2D eigenvalue weighted by atomic mass is 35.5. The molecule has 1 heterocycles. The minimum Gasteiger partial charge on any atom is -0.496 e. The van der Waals surface area contributed by atoms with Gasteiger partial charge in [0.25, 0.3) is 5.22 Å². The Balaban J connectivity index is 1.61. The van der Waals surface area contributed by atoms with Crippen LogP contribution in [0.5, 0.6) is 11.5 Å². The Morgan fingerprint density at radius 1 is 1.11 bits per heavy atom. The number of hydrogen-bond donors (Lipinski definition) is 0. The van der Waals surface area contributed by atoms with Crippen molar-refractivity contribution in [2.24, 2.45) is 0 Å². The molecule has 0 atom stereocenters. The molecule has 6 nitrogen and oxygen atoms in total. The molecule has 2 aromatic carbocycles. The summed E-state index contributed by atoms with van der Waals surface area (Å²) in [5, 5.41) is 8.75. The summed E-state index contributed by atoms with van der Waals surface area (Å²) < 4.78 is 16.0. The minimum absolute atomic E-state index is 0.0889. The molecule has 27 heavy (non-hydrogen) atoms. The number of carbonyl (C=O) groups excluding carboxylic acids is 1. The summed E-state index contributed by atoms with van der Waals surface area (Å²) in [5.74, 6) is 1.82. The van der Waals surface area contributed by atoms with Crippen molar-refractivity contribution < 1.29 is 18.7 Å². The van der Waals surface area contributed by atoms with Crippen LogP contribution in [0.25, 0.3) is 0 Å². The number of halogens is 1. The molecular formula is C19H17ClN2O4S. The van der Waals surface area contributed by atoms with Gasteiger partial charge in [-0.3, -0.25) is 4.79 Å². The lowest BCUT2D eigenvalue weighted by molar-refractivity contribution is 0.102. The molecule has 0 radical (unpaired) electrons. The molecule has 0 bridgehead atoms. The van der Waals surface area contributed by atoms with Crippen LogP contribution in [0.2, 0.25) is 5.02 Å². The van der Waals surface area contributed by atoms with E-state index in [0.29, 0.717) is 33.9 Å². The van der Waals surface area contributed by atoms with Gasteiger partial charge in [-0.1, -0.05) is 41.6 Å². The van der Waals surface area contributed by atoms with Crippen molar-refractivity contribution in [1.29, 1.82) is 0 Å². The monoisotopic (exact) mass is 404 g/mol. The molecule has 0 amide bonds. The fourth-order valence-electron chi connectivity index (χ4n) is 2.43. The second-order valence-electron chi connectivity index (χ2n) is 5.51. The Kier molecular flexibility index (Phi) is 6.36. The van der Waals surface area contributed by atoms with Crippen LogP contribution in [0.1, 0.15) is 21.8 Å². The molecule has 0 spiro atoms. The maximum Gasteiger partial charge on any atom is 0.277 e. The van der Waals surface area contributed by atoms with Gasteiger partial charge in [-0.15, -0.1) is 10.2 Å². The molecule has 0 saturated heterocycles. The molecule has 0 N–H and O–H groups in total. The summed E-state index contributed by atoms with van der Waals surface area (Å²) >= 11 is 7.25. The van der Waals surface area contributed by atoms with E-state index in [9.17, 15) is 4.79 Å². The number of ketones is 1. The van der Waals surface area contributed by atoms with Crippen LogP contribution in [0, 0.1) is 0 Å². The van der Waals surface area contributed by atoms with Crippen molar-refractivity contribution in [3.05, 3.63) is 64.5 Å². The van der Waals surface area contributed by atoms with Gasteiger partial charge in [0.05, 0.1) is 31.4 Å². The van der Waals surface area contributed by atoms with Gasteiger partial charge in [0.2, 0.25) is 5.89 Å². The second-order valence-corrected chi connectivity index (χ2v) is 6.85. The Labute approximate surface area is 165 Å². The molecular weight excluding hydrogens is 388 g/mol. The average Bonchev–Trinajstić information content (AvgIpc) is 3.13. The lowest BCUT2D eigenvalue weighted by Gasteiger charge is -2.05. The number of ether oxygens (including phenoxy) is 2. The molecule has 3 aromatic rings. The minimum atomic E-state index is -0.0889. The molecule has 0 fully saturated rings. The van der Waals surface area contributed by atoms with E-state index in [-0.39, 0.29) is 11.5 Å². The average molecular weight is 405 g/mol.